The molecule has 15 heavy (non-hydrogen) atoms. The zero-order chi connectivity index (χ0) is 11.1. The predicted octanol–water partition coefficient (Wildman–Crippen LogP) is 1.86. The van der Waals surface area contributed by atoms with Gasteiger partial charge in [0, 0.05) is 6.07 Å². The summed E-state index contributed by atoms with van der Waals surface area (Å²) >= 11 is 0. The minimum absolute atomic E-state index is 0.832. The van der Waals surface area contributed by atoms with E-state index < -0.39 is 0 Å². The van der Waals surface area contributed by atoms with Crippen LogP contribution < -0.4 is 14.8 Å². The molecule has 1 aromatic rings. The fourth-order valence-corrected chi connectivity index (χ4v) is 1.46. The van der Waals surface area contributed by atoms with E-state index >= 15 is 0 Å². The number of hydrogen-bond acceptors (Lipinski definition) is 3. The minimum Gasteiger partial charge on any atom is -0.497 e. The van der Waals surface area contributed by atoms with Crippen LogP contribution in [0.4, 0.5) is 0 Å². The average Bonchev–Trinajstić information content (AvgIpc) is 2.29. The summed E-state index contributed by atoms with van der Waals surface area (Å²) in [6.45, 7) is 4.07. The third-order valence-corrected chi connectivity index (χ3v) is 2.32. The summed E-state index contributed by atoms with van der Waals surface area (Å²) in [4.78, 5) is 0. The van der Waals surface area contributed by atoms with E-state index in [1.807, 2.05) is 12.1 Å². The van der Waals surface area contributed by atoms with Gasteiger partial charge in [0.05, 0.1) is 14.2 Å². The van der Waals surface area contributed by atoms with Crippen molar-refractivity contribution in [3.8, 4) is 11.5 Å². The van der Waals surface area contributed by atoms with Gasteiger partial charge in [-0.2, -0.15) is 0 Å². The molecule has 0 bridgehead atoms. The van der Waals surface area contributed by atoms with Crippen molar-refractivity contribution < 1.29 is 9.47 Å². The van der Waals surface area contributed by atoms with E-state index in [1.165, 1.54) is 5.56 Å². The van der Waals surface area contributed by atoms with Crippen LogP contribution in [-0.2, 0) is 6.42 Å². The van der Waals surface area contributed by atoms with Crippen molar-refractivity contribution in [3.63, 3.8) is 0 Å². The van der Waals surface area contributed by atoms with Crippen LogP contribution in [0.5, 0.6) is 11.5 Å². The molecule has 0 aliphatic rings. The van der Waals surface area contributed by atoms with Gasteiger partial charge in [0.2, 0.25) is 0 Å². The van der Waals surface area contributed by atoms with Crippen molar-refractivity contribution >= 4 is 0 Å². The number of rotatable bonds is 6. The third-order valence-electron chi connectivity index (χ3n) is 2.32. The first kappa shape index (κ1) is 11.9. The molecule has 0 radical (unpaired) electrons. The van der Waals surface area contributed by atoms with Crippen molar-refractivity contribution in [2.24, 2.45) is 0 Å². The average molecular weight is 209 g/mol. The summed E-state index contributed by atoms with van der Waals surface area (Å²) in [6.07, 6.45) is 0.973. The summed E-state index contributed by atoms with van der Waals surface area (Å²) in [5.41, 5.74) is 1.21. The molecule has 0 fully saturated rings. The molecule has 0 spiro atoms. The van der Waals surface area contributed by atoms with Crippen molar-refractivity contribution in [3.05, 3.63) is 23.8 Å². The first-order valence-corrected chi connectivity index (χ1v) is 5.23. The largest absolute Gasteiger partial charge is 0.497 e. The Morgan fingerprint density at radius 2 is 2.00 bits per heavy atom. The summed E-state index contributed by atoms with van der Waals surface area (Å²) in [5, 5.41) is 3.29. The fraction of sp³-hybridized carbons (Fsp3) is 0.500. The smallest absolute Gasteiger partial charge is 0.125 e. The van der Waals surface area contributed by atoms with Gasteiger partial charge >= 0.3 is 0 Å². The Balaban J connectivity index is 2.69. The molecule has 1 N–H and O–H groups in total. The molecule has 0 aliphatic heterocycles. The normalized spacial score (nSPS) is 10.1. The highest BCUT2D eigenvalue weighted by Gasteiger charge is 2.03. The van der Waals surface area contributed by atoms with E-state index in [-0.39, 0.29) is 0 Å². The van der Waals surface area contributed by atoms with Gasteiger partial charge in [-0.05, 0) is 31.1 Å². The maximum Gasteiger partial charge on any atom is 0.125 e. The Bertz CT molecular complexity index is 300. The Labute approximate surface area is 91.4 Å². The van der Waals surface area contributed by atoms with Crippen LogP contribution in [0.2, 0.25) is 0 Å². The van der Waals surface area contributed by atoms with Crippen molar-refractivity contribution in [2.45, 2.75) is 13.3 Å². The third kappa shape index (κ3) is 3.44. The lowest BCUT2D eigenvalue weighted by molar-refractivity contribution is 0.390. The summed E-state index contributed by atoms with van der Waals surface area (Å²) in [7, 11) is 3.35. The van der Waals surface area contributed by atoms with Gasteiger partial charge in [-0.1, -0.05) is 13.0 Å². The number of benzene rings is 1. The van der Waals surface area contributed by atoms with E-state index in [0.717, 1.165) is 31.0 Å². The Kier molecular flexibility index (Phi) is 4.98. The minimum atomic E-state index is 0.832. The predicted molar refractivity (Wildman–Crippen MR) is 61.8 cm³/mol. The molecule has 1 rings (SSSR count). The molecule has 0 aliphatic carbocycles. The monoisotopic (exact) mass is 209 g/mol. The van der Waals surface area contributed by atoms with Crippen LogP contribution >= 0.6 is 0 Å². The second-order valence-corrected chi connectivity index (χ2v) is 3.28. The number of hydrogen-bond donors (Lipinski definition) is 1. The van der Waals surface area contributed by atoms with E-state index in [0.29, 0.717) is 0 Å². The van der Waals surface area contributed by atoms with Crippen LogP contribution in [0.25, 0.3) is 0 Å². The van der Waals surface area contributed by atoms with Crippen LogP contribution in [0.15, 0.2) is 18.2 Å². The van der Waals surface area contributed by atoms with Crippen molar-refractivity contribution in [1.82, 2.24) is 5.32 Å². The second kappa shape index (κ2) is 6.30. The maximum atomic E-state index is 5.31. The van der Waals surface area contributed by atoms with Crippen molar-refractivity contribution in [1.29, 1.82) is 0 Å². The Hall–Kier alpha value is -1.22. The number of ether oxygens (including phenoxy) is 2. The van der Waals surface area contributed by atoms with Crippen LogP contribution in [-0.4, -0.2) is 27.3 Å². The van der Waals surface area contributed by atoms with E-state index in [1.54, 1.807) is 14.2 Å². The molecule has 3 nitrogen and oxygen atoms in total. The van der Waals surface area contributed by atoms with Gasteiger partial charge in [0.1, 0.15) is 11.5 Å². The van der Waals surface area contributed by atoms with Crippen LogP contribution in [0, 0.1) is 0 Å². The molecule has 0 heterocycles. The molecule has 0 saturated carbocycles. The molecule has 1 aromatic carbocycles. The maximum absolute atomic E-state index is 5.31. The van der Waals surface area contributed by atoms with Gasteiger partial charge in [0.15, 0.2) is 0 Å². The highest BCUT2D eigenvalue weighted by molar-refractivity contribution is 5.40. The van der Waals surface area contributed by atoms with E-state index in [2.05, 4.69) is 18.3 Å². The quantitative estimate of drug-likeness (QED) is 0.725. The molecule has 3 heteroatoms. The number of likely N-dealkylation sites (N-methyl/N-ethyl adjacent to an activating group) is 1. The molecule has 0 amide bonds. The van der Waals surface area contributed by atoms with Crippen LogP contribution in [0.3, 0.4) is 0 Å². The molecule has 0 aromatic heterocycles. The molecular formula is C12H19NO2. The lowest BCUT2D eigenvalue weighted by Gasteiger charge is -2.10. The van der Waals surface area contributed by atoms with E-state index in [4.69, 9.17) is 9.47 Å². The van der Waals surface area contributed by atoms with Crippen molar-refractivity contribution in [2.75, 3.05) is 27.3 Å². The Morgan fingerprint density at radius 3 is 2.60 bits per heavy atom. The zero-order valence-corrected chi connectivity index (χ0v) is 9.67. The molecule has 0 saturated heterocycles. The fourth-order valence-electron chi connectivity index (χ4n) is 1.46. The second-order valence-electron chi connectivity index (χ2n) is 3.28. The first-order chi connectivity index (χ1) is 7.31. The summed E-state index contributed by atoms with van der Waals surface area (Å²) < 4.78 is 10.5. The lowest BCUT2D eigenvalue weighted by atomic mass is 10.1. The topological polar surface area (TPSA) is 30.5 Å². The van der Waals surface area contributed by atoms with Gasteiger partial charge in [-0.3, -0.25) is 0 Å². The number of nitrogens with one attached hydrogen (secondary N) is 1. The molecule has 84 valence electrons. The SMILES string of the molecule is CCNCCc1ccc(OC)cc1OC. The van der Waals surface area contributed by atoms with Gasteiger partial charge < -0.3 is 14.8 Å². The van der Waals surface area contributed by atoms with Gasteiger partial charge in [-0.15, -0.1) is 0 Å². The molecule has 0 atom stereocenters. The van der Waals surface area contributed by atoms with Gasteiger partial charge in [-0.25, -0.2) is 0 Å². The highest BCUT2D eigenvalue weighted by atomic mass is 16.5. The van der Waals surface area contributed by atoms with Gasteiger partial charge in [0.25, 0.3) is 0 Å². The summed E-state index contributed by atoms with van der Waals surface area (Å²) in [6, 6.07) is 5.93. The molecule has 0 unspecified atom stereocenters. The molecular weight excluding hydrogens is 190 g/mol. The zero-order valence-electron chi connectivity index (χ0n) is 9.67. The first-order valence-electron chi connectivity index (χ1n) is 5.23. The number of methoxy groups -OCH3 is 2. The summed E-state index contributed by atoms with van der Waals surface area (Å²) in [5.74, 6) is 1.73. The standard InChI is InChI=1S/C12H19NO2/c1-4-13-8-7-10-5-6-11(14-2)9-12(10)15-3/h5-6,9,13H,4,7-8H2,1-3H3. The Morgan fingerprint density at radius 1 is 1.20 bits per heavy atom. The lowest BCUT2D eigenvalue weighted by Crippen LogP contribution is -2.16. The van der Waals surface area contributed by atoms with Crippen LogP contribution in [0.1, 0.15) is 12.5 Å². The highest BCUT2D eigenvalue weighted by Crippen LogP contribution is 2.24. The van der Waals surface area contributed by atoms with E-state index in [9.17, 15) is 0 Å².